The Kier molecular flexibility index (Phi) is 9.11. The van der Waals surface area contributed by atoms with Crippen molar-refractivity contribution in [1.29, 1.82) is 0 Å². The number of anilines is 1. The summed E-state index contributed by atoms with van der Waals surface area (Å²) >= 11 is 0. The Bertz CT molecular complexity index is 904. The maximum atomic E-state index is 6.14. The molecule has 2 N–H and O–H groups in total. The fourth-order valence-corrected chi connectivity index (χ4v) is 4.59. The summed E-state index contributed by atoms with van der Waals surface area (Å²) in [6, 6.07) is 13.4. The number of benzene rings is 2. The molecule has 2 aliphatic rings. The van der Waals surface area contributed by atoms with Crippen LogP contribution in [0.1, 0.15) is 44.1 Å². The highest BCUT2D eigenvalue weighted by Crippen LogP contribution is 2.31. The van der Waals surface area contributed by atoms with Gasteiger partial charge >= 0.3 is 0 Å². The van der Waals surface area contributed by atoms with Crippen molar-refractivity contribution in [2.75, 3.05) is 58.2 Å². The highest BCUT2D eigenvalue weighted by Gasteiger charge is 2.12. The first-order chi connectivity index (χ1) is 16.7. The third-order valence-electron chi connectivity index (χ3n) is 6.57. The normalized spacial score (nSPS) is 16.6. The van der Waals surface area contributed by atoms with Crippen molar-refractivity contribution in [3.8, 4) is 17.2 Å². The van der Waals surface area contributed by atoms with Crippen LogP contribution in [0.4, 0.5) is 5.69 Å². The van der Waals surface area contributed by atoms with Gasteiger partial charge < -0.3 is 29.7 Å². The van der Waals surface area contributed by atoms with Crippen LogP contribution >= 0.6 is 0 Å². The first kappa shape index (κ1) is 24.4. The van der Waals surface area contributed by atoms with E-state index in [1.807, 2.05) is 42.5 Å². The molecule has 2 aliphatic heterocycles. The Morgan fingerprint density at radius 2 is 1.29 bits per heavy atom. The number of nitrogens with two attached hydrogens (primary N) is 1. The Morgan fingerprint density at radius 1 is 0.765 bits per heavy atom. The summed E-state index contributed by atoms with van der Waals surface area (Å²) in [6.07, 6.45) is 7.36. The molecule has 2 heterocycles. The molecule has 2 saturated heterocycles. The van der Waals surface area contributed by atoms with E-state index in [1.54, 1.807) is 0 Å². The van der Waals surface area contributed by atoms with E-state index in [0.29, 0.717) is 23.8 Å². The second-order valence-corrected chi connectivity index (χ2v) is 9.25. The van der Waals surface area contributed by atoms with Crippen LogP contribution in [0.3, 0.4) is 0 Å². The average Bonchev–Trinajstić information content (AvgIpc) is 3.56. The molecule has 0 bridgehead atoms. The summed E-state index contributed by atoms with van der Waals surface area (Å²) in [4.78, 5) is 5.00. The highest BCUT2D eigenvalue weighted by molar-refractivity contribution is 5.65. The molecule has 2 aromatic rings. The zero-order chi connectivity index (χ0) is 23.6. The van der Waals surface area contributed by atoms with Crippen LogP contribution in [0.2, 0.25) is 0 Å². The predicted molar refractivity (Wildman–Crippen MR) is 139 cm³/mol. The van der Waals surface area contributed by atoms with Crippen LogP contribution in [0.25, 0.3) is 5.76 Å². The molecule has 0 atom stereocenters. The molecular formula is C28H39N3O3. The second kappa shape index (κ2) is 12.7. The number of hydrogen-bond donors (Lipinski definition) is 1. The second-order valence-electron chi connectivity index (χ2n) is 9.25. The average molecular weight is 466 g/mol. The van der Waals surface area contributed by atoms with Gasteiger partial charge in [-0.3, -0.25) is 0 Å². The van der Waals surface area contributed by atoms with Crippen molar-refractivity contribution in [2.24, 2.45) is 0 Å². The van der Waals surface area contributed by atoms with Gasteiger partial charge in [0.15, 0.2) is 5.75 Å². The van der Waals surface area contributed by atoms with Gasteiger partial charge in [0, 0.05) is 24.7 Å². The number of rotatable bonds is 13. The van der Waals surface area contributed by atoms with Crippen LogP contribution in [0, 0.1) is 0 Å². The van der Waals surface area contributed by atoms with Crippen LogP contribution in [0.15, 0.2) is 49.0 Å². The number of nitrogen functional groups attached to an aromatic ring is 1. The molecule has 0 spiro atoms. The summed E-state index contributed by atoms with van der Waals surface area (Å²) in [5.74, 6) is 2.72. The predicted octanol–water partition coefficient (Wildman–Crippen LogP) is 5.05. The summed E-state index contributed by atoms with van der Waals surface area (Å²) in [5, 5.41) is 0. The zero-order valence-electron chi connectivity index (χ0n) is 20.3. The lowest BCUT2D eigenvalue weighted by Crippen LogP contribution is -2.21. The number of ether oxygens (including phenoxy) is 3. The van der Waals surface area contributed by atoms with E-state index in [9.17, 15) is 0 Å². The van der Waals surface area contributed by atoms with Gasteiger partial charge in [-0.05, 0) is 101 Å². The Hall–Kier alpha value is -2.70. The Morgan fingerprint density at radius 3 is 1.88 bits per heavy atom. The molecule has 0 saturated carbocycles. The summed E-state index contributed by atoms with van der Waals surface area (Å²) in [5.41, 5.74) is 7.59. The molecule has 0 aromatic heterocycles. The number of hydrogen-bond acceptors (Lipinski definition) is 6. The topological polar surface area (TPSA) is 60.2 Å². The van der Waals surface area contributed by atoms with E-state index >= 15 is 0 Å². The minimum Gasteiger partial charge on any atom is -0.494 e. The van der Waals surface area contributed by atoms with Crippen molar-refractivity contribution in [2.45, 2.75) is 38.5 Å². The summed E-state index contributed by atoms with van der Waals surface area (Å²) in [6.45, 7) is 12.6. The molecule has 6 heteroatoms. The fourth-order valence-electron chi connectivity index (χ4n) is 4.59. The molecule has 2 aromatic carbocycles. The first-order valence-electron chi connectivity index (χ1n) is 12.7. The highest BCUT2D eigenvalue weighted by atomic mass is 16.5. The molecule has 184 valence electrons. The van der Waals surface area contributed by atoms with Gasteiger partial charge in [-0.2, -0.15) is 0 Å². The number of likely N-dealkylation sites (tertiary alicyclic amines) is 2. The van der Waals surface area contributed by atoms with Gasteiger partial charge in [-0.1, -0.05) is 6.58 Å². The Balaban J connectivity index is 1.21. The number of nitrogens with zero attached hydrogens (tertiary/aromatic N) is 2. The minimum absolute atomic E-state index is 0.540. The Labute approximate surface area is 204 Å². The van der Waals surface area contributed by atoms with Crippen molar-refractivity contribution >= 4 is 11.4 Å². The van der Waals surface area contributed by atoms with E-state index in [1.165, 1.54) is 51.9 Å². The smallest absolute Gasteiger partial charge is 0.153 e. The van der Waals surface area contributed by atoms with E-state index in [0.717, 1.165) is 49.6 Å². The molecule has 2 fully saturated rings. The largest absolute Gasteiger partial charge is 0.494 e. The molecule has 0 aliphatic carbocycles. The lowest BCUT2D eigenvalue weighted by molar-refractivity contribution is 0.263. The van der Waals surface area contributed by atoms with Crippen molar-refractivity contribution in [3.05, 3.63) is 54.6 Å². The van der Waals surface area contributed by atoms with Crippen LogP contribution in [0.5, 0.6) is 17.2 Å². The van der Waals surface area contributed by atoms with Crippen molar-refractivity contribution in [3.63, 3.8) is 0 Å². The third kappa shape index (κ3) is 7.40. The molecule has 0 unspecified atom stereocenters. The minimum atomic E-state index is 0.540. The van der Waals surface area contributed by atoms with Gasteiger partial charge in [0.05, 0.1) is 18.9 Å². The summed E-state index contributed by atoms with van der Waals surface area (Å²) in [7, 11) is 0. The van der Waals surface area contributed by atoms with Crippen LogP contribution in [-0.4, -0.2) is 62.3 Å². The fraction of sp³-hybridized carbons (Fsp3) is 0.500. The van der Waals surface area contributed by atoms with E-state index in [4.69, 9.17) is 19.9 Å². The molecule has 0 radical (unpaired) electrons. The van der Waals surface area contributed by atoms with Gasteiger partial charge in [0.2, 0.25) is 0 Å². The lowest BCUT2D eigenvalue weighted by atomic mass is 10.2. The maximum absolute atomic E-state index is 6.14. The molecule has 34 heavy (non-hydrogen) atoms. The molecule has 4 rings (SSSR count). The van der Waals surface area contributed by atoms with Crippen molar-refractivity contribution < 1.29 is 14.2 Å². The van der Waals surface area contributed by atoms with Gasteiger partial charge in [0.25, 0.3) is 0 Å². The molecule has 0 amide bonds. The van der Waals surface area contributed by atoms with E-state index in [-0.39, 0.29) is 0 Å². The third-order valence-corrected chi connectivity index (χ3v) is 6.57. The van der Waals surface area contributed by atoms with Gasteiger partial charge in [-0.15, -0.1) is 0 Å². The quantitative estimate of drug-likeness (QED) is 0.254. The standard InChI is InChI=1S/C28H39N3O3/c1-23(24-8-10-25(11-9-24)32-20-6-18-30-14-2-3-15-30)34-28-22-26(12-13-27(28)29)33-21-7-19-31-16-4-5-17-31/h8-13,22H,1-7,14-21,29H2. The van der Waals surface area contributed by atoms with Crippen LogP contribution in [-0.2, 0) is 0 Å². The molecular weight excluding hydrogens is 426 g/mol. The summed E-state index contributed by atoms with van der Waals surface area (Å²) < 4.78 is 17.8. The maximum Gasteiger partial charge on any atom is 0.153 e. The van der Waals surface area contributed by atoms with E-state index < -0.39 is 0 Å². The van der Waals surface area contributed by atoms with Gasteiger partial charge in [0.1, 0.15) is 17.3 Å². The van der Waals surface area contributed by atoms with Crippen LogP contribution < -0.4 is 19.9 Å². The monoisotopic (exact) mass is 465 g/mol. The van der Waals surface area contributed by atoms with Gasteiger partial charge in [-0.25, -0.2) is 0 Å². The van der Waals surface area contributed by atoms with Crippen molar-refractivity contribution in [1.82, 2.24) is 9.80 Å². The zero-order valence-corrected chi connectivity index (χ0v) is 20.3. The first-order valence-corrected chi connectivity index (χ1v) is 12.7. The molecule has 6 nitrogen and oxygen atoms in total. The van der Waals surface area contributed by atoms with E-state index in [2.05, 4.69) is 16.4 Å². The lowest BCUT2D eigenvalue weighted by Gasteiger charge is -2.16. The SMILES string of the molecule is C=C(Oc1cc(OCCCN2CCCC2)ccc1N)c1ccc(OCCCN2CCCC2)cc1.